The van der Waals surface area contributed by atoms with Crippen LogP contribution in [0.4, 0.5) is 5.69 Å². The maximum absolute atomic E-state index is 10.0. The maximum Gasteiger partial charge on any atom is 0.0849 e. The molecule has 2 aromatic carbocycles. The van der Waals surface area contributed by atoms with Gasteiger partial charge in [0.05, 0.1) is 18.2 Å². The Morgan fingerprint density at radius 2 is 1.71 bits per heavy atom. The van der Waals surface area contributed by atoms with Crippen molar-refractivity contribution in [3.8, 4) is 0 Å². The van der Waals surface area contributed by atoms with Crippen molar-refractivity contribution in [2.45, 2.75) is 77.5 Å². The SMILES string of the molecule is CCC(c1ccc(/C=C/CCCC2CC(O)[C@H](O)C(CO)C2)cc1)N(CC)c1ccc(C)cc1. The smallest absolute Gasteiger partial charge is 0.0849 e. The van der Waals surface area contributed by atoms with Gasteiger partial charge in [-0.25, -0.2) is 0 Å². The third-order valence-electron chi connectivity index (χ3n) is 7.41. The number of aliphatic hydroxyl groups is 3. The summed E-state index contributed by atoms with van der Waals surface area (Å²) in [5, 5.41) is 29.4. The van der Waals surface area contributed by atoms with Crippen LogP contribution >= 0.6 is 0 Å². The maximum atomic E-state index is 10.0. The average molecular weight is 466 g/mol. The zero-order chi connectivity index (χ0) is 24.5. The Morgan fingerprint density at radius 1 is 1.00 bits per heavy atom. The first-order valence-electron chi connectivity index (χ1n) is 13.0. The number of hydrogen-bond acceptors (Lipinski definition) is 4. The molecular weight excluding hydrogens is 422 g/mol. The molecule has 1 aliphatic carbocycles. The summed E-state index contributed by atoms with van der Waals surface area (Å²) in [6.07, 6.45) is 8.51. The van der Waals surface area contributed by atoms with E-state index in [4.69, 9.17) is 0 Å². The van der Waals surface area contributed by atoms with Crippen molar-refractivity contribution in [2.75, 3.05) is 18.1 Å². The first-order chi connectivity index (χ1) is 16.5. The molecule has 2 aromatic rings. The van der Waals surface area contributed by atoms with Gasteiger partial charge in [-0.1, -0.05) is 67.5 Å². The molecule has 186 valence electrons. The van der Waals surface area contributed by atoms with Gasteiger partial charge >= 0.3 is 0 Å². The minimum Gasteiger partial charge on any atom is -0.396 e. The topological polar surface area (TPSA) is 63.9 Å². The van der Waals surface area contributed by atoms with Crippen LogP contribution in [0.15, 0.2) is 54.6 Å². The third-order valence-corrected chi connectivity index (χ3v) is 7.41. The van der Waals surface area contributed by atoms with Gasteiger partial charge in [0.15, 0.2) is 0 Å². The highest BCUT2D eigenvalue weighted by atomic mass is 16.3. The molecule has 4 nitrogen and oxygen atoms in total. The van der Waals surface area contributed by atoms with E-state index in [1.54, 1.807) is 0 Å². The molecule has 1 fully saturated rings. The predicted molar refractivity (Wildman–Crippen MR) is 142 cm³/mol. The lowest BCUT2D eigenvalue weighted by atomic mass is 9.76. The molecule has 0 saturated heterocycles. The normalized spacial score (nSPS) is 23.8. The molecule has 1 aliphatic rings. The van der Waals surface area contributed by atoms with E-state index in [-0.39, 0.29) is 12.5 Å². The van der Waals surface area contributed by atoms with Crippen molar-refractivity contribution in [2.24, 2.45) is 11.8 Å². The Morgan fingerprint density at radius 3 is 2.32 bits per heavy atom. The van der Waals surface area contributed by atoms with E-state index < -0.39 is 12.2 Å². The molecule has 0 aromatic heterocycles. The zero-order valence-corrected chi connectivity index (χ0v) is 21.1. The van der Waals surface area contributed by atoms with E-state index in [1.165, 1.54) is 22.4 Å². The molecule has 0 bridgehead atoms. The molecule has 4 heteroatoms. The molecule has 0 amide bonds. The van der Waals surface area contributed by atoms with Gasteiger partial charge in [-0.05, 0) is 75.1 Å². The Kier molecular flexibility index (Phi) is 10.2. The van der Waals surface area contributed by atoms with Crippen LogP contribution in [0, 0.1) is 18.8 Å². The molecule has 3 rings (SSSR count). The van der Waals surface area contributed by atoms with Gasteiger partial charge in [-0.2, -0.15) is 0 Å². The minimum atomic E-state index is -0.780. The molecular formula is C30H43NO3. The van der Waals surface area contributed by atoms with E-state index in [1.807, 2.05) is 0 Å². The second kappa shape index (κ2) is 13.1. The van der Waals surface area contributed by atoms with Crippen LogP contribution in [-0.4, -0.2) is 40.7 Å². The third kappa shape index (κ3) is 6.94. The van der Waals surface area contributed by atoms with Crippen molar-refractivity contribution in [3.05, 3.63) is 71.3 Å². The van der Waals surface area contributed by atoms with Crippen molar-refractivity contribution < 1.29 is 15.3 Å². The van der Waals surface area contributed by atoms with Gasteiger partial charge < -0.3 is 20.2 Å². The monoisotopic (exact) mass is 465 g/mol. The van der Waals surface area contributed by atoms with Crippen LogP contribution in [0.3, 0.4) is 0 Å². The lowest BCUT2D eigenvalue weighted by Crippen LogP contribution is -2.42. The van der Waals surface area contributed by atoms with Gasteiger partial charge in [0, 0.05) is 24.8 Å². The zero-order valence-electron chi connectivity index (χ0n) is 21.1. The largest absolute Gasteiger partial charge is 0.396 e. The van der Waals surface area contributed by atoms with Gasteiger partial charge in [0.2, 0.25) is 0 Å². The van der Waals surface area contributed by atoms with Crippen LogP contribution < -0.4 is 4.90 Å². The van der Waals surface area contributed by atoms with Gasteiger partial charge in [-0.3, -0.25) is 0 Å². The van der Waals surface area contributed by atoms with Crippen molar-refractivity contribution >= 4 is 11.8 Å². The highest BCUT2D eigenvalue weighted by molar-refractivity contribution is 5.52. The molecule has 0 aliphatic heterocycles. The summed E-state index contributed by atoms with van der Waals surface area (Å²) in [4.78, 5) is 2.48. The number of unbranched alkanes of at least 4 members (excludes halogenated alkanes) is 1. The summed E-state index contributed by atoms with van der Waals surface area (Å²) in [7, 11) is 0. The Balaban J connectivity index is 1.52. The lowest BCUT2D eigenvalue weighted by molar-refractivity contribution is -0.0760. The highest BCUT2D eigenvalue weighted by Crippen LogP contribution is 2.33. The molecule has 4 unspecified atom stereocenters. The molecule has 0 heterocycles. The van der Waals surface area contributed by atoms with Gasteiger partial charge in [0.25, 0.3) is 0 Å². The summed E-state index contributed by atoms with van der Waals surface area (Å²) < 4.78 is 0. The second-order valence-electron chi connectivity index (χ2n) is 9.88. The number of nitrogens with zero attached hydrogens (tertiary/aromatic N) is 1. The highest BCUT2D eigenvalue weighted by Gasteiger charge is 2.34. The summed E-state index contributed by atoms with van der Waals surface area (Å²) in [6.45, 7) is 7.52. The molecule has 34 heavy (non-hydrogen) atoms. The van der Waals surface area contributed by atoms with Crippen LogP contribution in [0.25, 0.3) is 6.08 Å². The number of rotatable bonds is 11. The van der Waals surface area contributed by atoms with Crippen LogP contribution in [0.1, 0.15) is 75.1 Å². The summed E-state index contributed by atoms with van der Waals surface area (Å²) in [5.41, 5.74) is 5.12. The number of hydrogen-bond donors (Lipinski definition) is 3. The van der Waals surface area contributed by atoms with E-state index in [2.05, 4.69) is 86.4 Å². The van der Waals surface area contributed by atoms with Crippen molar-refractivity contribution in [3.63, 3.8) is 0 Å². The van der Waals surface area contributed by atoms with Crippen LogP contribution in [0.2, 0.25) is 0 Å². The van der Waals surface area contributed by atoms with Crippen molar-refractivity contribution in [1.82, 2.24) is 0 Å². The summed E-state index contributed by atoms with van der Waals surface area (Å²) in [5.74, 6) is 0.189. The Labute approximate surface area is 206 Å². The Bertz CT molecular complexity index is 877. The van der Waals surface area contributed by atoms with E-state index in [9.17, 15) is 15.3 Å². The quantitative estimate of drug-likeness (QED) is 0.362. The molecule has 0 spiro atoms. The first kappa shape index (κ1) is 26.5. The number of aliphatic hydroxyl groups excluding tert-OH is 3. The molecule has 0 radical (unpaired) electrons. The fraction of sp³-hybridized carbons (Fsp3) is 0.533. The fourth-order valence-electron chi connectivity index (χ4n) is 5.41. The Hall–Kier alpha value is -2.14. The van der Waals surface area contributed by atoms with Gasteiger partial charge in [0.1, 0.15) is 0 Å². The lowest BCUT2D eigenvalue weighted by Gasteiger charge is -2.36. The average Bonchev–Trinajstić information content (AvgIpc) is 2.85. The molecule has 5 atom stereocenters. The number of aryl methyl sites for hydroxylation is 1. The van der Waals surface area contributed by atoms with Crippen molar-refractivity contribution in [1.29, 1.82) is 0 Å². The van der Waals surface area contributed by atoms with Crippen LogP contribution in [-0.2, 0) is 0 Å². The second-order valence-corrected chi connectivity index (χ2v) is 9.88. The molecule has 3 N–H and O–H groups in total. The number of benzene rings is 2. The standard InChI is InChI=1S/C30H43NO3/c1-4-28(31(5-2)27-17-11-22(3)12-18-27)25-15-13-23(14-16-25)9-7-6-8-10-24-19-26(21-32)30(34)29(33)20-24/h7,9,11-18,24,26,28-30,32-34H,4-6,8,10,19-21H2,1-3H3/b9-7+/t24?,26?,28?,29?,30-/m1/s1. The molecule has 1 saturated carbocycles. The number of allylic oxidation sites excluding steroid dienone is 1. The summed E-state index contributed by atoms with van der Waals surface area (Å²) >= 11 is 0. The van der Waals surface area contributed by atoms with Gasteiger partial charge in [-0.15, -0.1) is 0 Å². The van der Waals surface area contributed by atoms with E-state index in [0.29, 0.717) is 18.4 Å². The van der Waals surface area contributed by atoms with E-state index in [0.717, 1.165) is 38.6 Å². The minimum absolute atomic E-state index is 0.0510. The number of anilines is 1. The van der Waals surface area contributed by atoms with Crippen LogP contribution in [0.5, 0.6) is 0 Å². The fourth-order valence-corrected chi connectivity index (χ4v) is 5.41. The van der Waals surface area contributed by atoms with E-state index >= 15 is 0 Å². The predicted octanol–water partition coefficient (Wildman–Crippen LogP) is 5.90. The first-order valence-corrected chi connectivity index (χ1v) is 13.0. The summed E-state index contributed by atoms with van der Waals surface area (Å²) in [6, 6.07) is 18.1.